The predicted octanol–water partition coefficient (Wildman–Crippen LogP) is 4.85. The number of fused-ring (bicyclic) bond motifs is 1. The highest BCUT2D eigenvalue weighted by atomic mass is 16.6. The van der Waals surface area contributed by atoms with Crippen molar-refractivity contribution >= 4 is 28.4 Å². The number of hydrogen-bond acceptors (Lipinski definition) is 5. The van der Waals surface area contributed by atoms with E-state index in [1.807, 2.05) is 42.7 Å². The van der Waals surface area contributed by atoms with Crippen LogP contribution >= 0.6 is 0 Å². The topological polar surface area (TPSA) is 115 Å². The first kappa shape index (κ1) is 22.2. The van der Waals surface area contributed by atoms with Crippen LogP contribution in [0.4, 0.5) is 11.5 Å². The molecule has 4 rings (SSSR count). The van der Waals surface area contributed by atoms with Crippen LogP contribution in [0.15, 0.2) is 48.5 Å². The average Bonchev–Trinajstić information content (AvgIpc) is 3.33. The number of non-ortho nitro benzene ring substituents is 1. The van der Waals surface area contributed by atoms with Gasteiger partial charge in [-0.2, -0.15) is 0 Å². The van der Waals surface area contributed by atoms with Crippen LogP contribution in [0.25, 0.3) is 22.4 Å². The monoisotopic (exact) mass is 447 g/mol. The number of imidazole rings is 1. The lowest BCUT2D eigenvalue weighted by Gasteiger charge is -2.14. The molecule has 0 bridgehead atoms. The second-order valence-electron chi connectivity index (χ2n) is 7.80. The summed E-state index contributed by atoms with van der Waals surface area (Å²) in [6, 6.07) is 13.4. The zero-order valence-electron chi connectivity index (χ0n) is 18.7. The number of methoxy groups -OCH3 is 1. The van der Waals surface area contributed by atoms with E-state index in [9.17, 15) is 14.9 Å². The van der Waals surface area contributed by atoms with Gasteiger partial charge in [-0.3, -0.25) is 14.9 Å². The van der Waals surface area contributed by atoms with E-state index >= 15 is 0 Å². The number of aromatic nitrogens is 3. The van der Waals surface area contributed by atoms with Crippen LogP contribution in [-0.4, -0.2) is 39.1 Å². The number of nitrogens with one attached hydrogen (secondary N) is 2. The number of hydrogen-bond donors (Lipinski definition) is 2. The Morgan fingerprint density at radius 2 is 2.00 bits per heavy atom. The average molecular weight is 447 g/mol. The van der Waals surface area contributed by atoms with Crippen LogP contribution in [0.1, 0.15) is 28.0 Å². The molecular formula is C24H25N5O4. The number of H-pyrrole nitrogens is 1. The van der Waals surface area contributed by atoms with Gasteiger partial charge in [-0.25, -0.2) is 4.98 Å². The highest BCUT2D eigenvalue weighted by Gasteiger charge is 2.24. The number of nitro benzene ring substituents is 1. The van der Waals surface area contributed by atoms with Gasteiger partial charge in [-0.1, -0.05) is 18.2 Å². The maximum atomic E-state index is 13.1. The fourth-order valence-corrected chi connectivity index (χ4v) is 3.94. The molecule has 0 aliphatic carbocycles. The Balaban J connectivity index is 1.80. The van der Waals surface area contributed by atoms with Crippen molar-refractivity contribution in [3.05, 3.63) is 75.5 Å². The summed E-state index contributed by atoms with van der Waals surface area (Å²) < 4.78 is 7.24. The molecule has 4 aromatic rings. The molecule has 0 fully saturated rings. The van der Waals surface area contributed by atoms with Gasteiger partial charge in [0, 0.05) is 43.7 Å². The van der Waals surface area contributed by atoms with Crippen LogP contribution in [0.5, 0.6) is 0 Å². The standard InChI is InChI=1S/C24H25N5O4/c1-15-16(2)28(12-7-13-33-3)23(21(15)22-25-19-10-4-5-11-20(19)26-22)27-24(30)17-8-6-9-18(14-17)29(31)32/h4-6,8-11,14H,7,12-13H2,1-3H3,(H,25,26)(H,27,30). The van der Waals surface area contributed by atoms with Crippen molar-refractivity contribution in [2.24, 2.45) is 0 Å². The molecule has 170 valence electrons. The molecule has 0 aliphatic rings. The van der Waals surface area contributed by atoms with Crippen molar-refractivity contribution in [2.75, 3.05) is 19.0 Å². The molecule has 9 nitrogen and oxygen atoms in total. The highest BCUT2D eigenvalue weighted by Crippen LogP contribution is 2.36. The number of anilines is 1. The first-order chi connectivity index (χ1) is 15.9. The summed E-state index contributed by atoms with van der Waals surface area (Å²) in [5.74, 6) is 0.815. The number of nitro groups is 1. The minimum absolute atomic E-state index is 0.136. The first-order valence-corrected chi connectivity index (χ1v) is 10.6. The Hall–Kier alpha value is -3.98. The molecule has 2 aromatic heterocycles. The zero-order valence-corrected chi connectivity index (χ0v) is 18.7. The fraction of sp³-hybridized carbons (Fsp3) is 0.250. The molecule has 0 aliphatic heterocycles. The molecule has 1 amide bonds. The van der Waals surface area contributed by atoms with Crippen LogP contribution in [0.2, 0.25) is 0 Å². The van der Waals surface area contributed by atoms with E-state index in [0.29, 0.717) is 24.8 Å². The summed E-state index contributed by atoms with van der Waals surface area (Å²) in [7, 11) is 1.65. The number of ether oxygens (including phenoxy) is 1. The maximum Gasteiger partial charge on any atom is 0.270 e. The SMILES string of the molecule is COCCCn1c(C)c(C)c(-c2nc3ccccc3[nH]2)c1NC(=O)c1cccc([N+](=O)[O-])c1. The first-order valence-electron chi connectivity index (χ1n) is 10.6. The normalized spacial score (nSPS) is 11.1. The summed E-state index contributed by atoms with van der Waals surface area (Å²) in [5.41, 5.74) is 4.57. The Labute approximate surface area is 190 Å². The quantitative estimate of drug-likeness (QED) is 0.228. The lowest BCUT2D eigenvalue weighted by molar-refractivity contribution is -0.384. The molecule has 2 N–H and O–H groups in total. The van der Waals surface area contributed by atoms with Crippen LogP contribution in [0.3, 0.4) is 0 Å². The highest BCUT2D eigenvalue weighted by molar-refractivity contribution is 6.06. The molecule has 0 unspecified atom stereocenters. The molecule has 9 heteroatoms. The number of rotatable bonds is 8. The Bertz CT molecular complexity index is 1310. The van der Waals surface area contributed by atoms with Gasteiger partial charge in [0.1, 0.15) is 11.6 Å². The Morgan fingerprint density at radius 3 is 2.73 bits per heavy atom. The molecule has 2 heterocycles. The second kappa shape index (κ2) is 9.25. The molecular weight excluding hydrogens is 422 g/mol. The summed E-state index contributed by atoms with van der Waals surface area (Å²) >= 11 is 0. The fourth-order valence-electron chi connectivity index (χ4n) is 3.94. The lowest BCUT2D eigenvalue weighted by Crippen LogP contribution is -2.17. The Kier molecular flexibility index (Phi) is 6.23. The van der Waals surface area contributed by atoms with Gasteiger partial charge in [0.15, 0.2) is 0 Å². The van der Waals surface area contributed by atoms with Crippen molar-refractivity contribution < 1.29 is 14.5 Å². The smallest absolute Gasteiger partial charge is 0.270 e. The molecule has 0 saturated heterocycles. The van der Waals surface area contributed by atoms with Crippen LogP contribution < -0.4 is 5.32 Å². The van der Waals surface area contributed by atoms with Crippen LogP contribution in [-0.2, 0) is 11.3 Å². The third-order valence-electron chi connectivity index (χ3n) is 5.74. The summed E-state index contributed by atoms with van der Waals surface area (Å²) in [6.45, 7) is 5.20. The molecule has 0 spiro atoms. The van der Waals surface area contributed by atoms with E-state index in [1.54, 1.807) is 13.2 Å². The largest absolute Gasteiger partial charge is 0.385 e. The van der Waals surface area contributed by atoms with Crippen molar-refractivity contribution in [3.63, 3.8) is 0 Å². The summed E-state index contributed by atoms with van der Waals surface area (Å²) in [4.78, 5) is 31.9. The van der Waals surface area contributed by atoms with Gasteiger partial charge in [-0.15, -0.1) is 0 Å². The number of benzene rings is 2. The van der Waals surface area contributed by atoms with Gasteiger partial charge in [0.25, 0.3) is 11.6 Å². The summed E-state index contributed by atoms with van der Waals surface area (Å²) in [5, 5.41) is 14.1. The molecule has 0 atom stereocenters. The minimum Gasteiger partial charge on any atom is -0.385 e. The van der Waals surface area contributed by atoms with Gasteiger partial charge in [0.05, 0.1) is 21.5 Å². The molecule has 0 radical (unpaired) electrons. The molecule has 2 aromatic carbocycles. The van der Waals surface area contributed by atoms with E-state index in [0.717, 1.165) is 34.3 Å². The summed E-state index contributed by atoms with van der Waals surface area (Å²) in [6.07, 6.45) is 0.755. The van der Waals surface area contributed by atoms with E-state index < -0.39 is 10.8 Å². The van der Waals surface area contributed by atoms with Gasteiger partial charge in [0.2, 0.25) is 0 Å². The van der Waals surface area contributed by atoms with E-state index in [4.69, 9.17) is 9.72 Å². The lowest BCUT2D eigenvalue weighted by atomic mass is 10.1. The second-order valence-corrected chi connectivity index (χ2v) is 7.80. The Morgan fingerprint density at radius 1 is 1.21 bits per heavy atom. The van der Waals surface area contributed by atoms with Crippen molar-refractivity contribution in [2.45, 2.75) is 26.8 Å². The number of carbonyl (C=O) groups is 1. The zero-order chi connectivity index (χ0) is 23.5. The number of nitrogens with zero attached hydrogens (tertiary/aromatic N) is 3. The number of carbonyl (C=O) groups excluding carboxylic acids is 1. The van der Waals surface area contributed by atoms with Gasteiger partial charge < -0.3 is 19.6 Å². The van der Waals surface area contributed by atoms with Crippen molar-refractivity contribution in [3.8, 4) is 11.4 Å². The molecule has 0 saturated carbocycles. The van der Waals surface area contributed by atoms with Crippen molar-refractivity contribution in [1.29, 1.82) is 0 Å². The third kappa shape index (κ3) is 4.35. The number of para-hydroxylation sites is 2. The van der Waals surface area contributed by atoms with Crippen molar-refractivity contribution in [1.82, 2.24) is 14.5 Å². The maximum absolute atomic E-state index is 13.1. The molecule has 33 heavy (non-hydrogen) atoms. The number of aromatic amines is 1. The van der Waals surface area contributed by atoms with E-state index in [-0.39, 0.29) is 11.3 Å². The number of amides is 1. The van der Waals surface area contributed by atoms with Gasteiger partial charge >= 0.3 is 0 Å². The third-order valence-corrected chi connectivity index (χ3v) is 5.74. The minimum atomic E-state index is -0.516. The van der Waals surface area contributed by atoms with Crippen LogP contribution in [0, 0.1) is 24.0 Å². The van der Waals surface area contributed by atoms with E-state index in [1.165, 1.54) is 18.2 Å². The van der Waals surface area contributed by atoms with E-state index in [2.05, 4.69) is 10.3 Å². The van der Waals surface area contributed by atoms with Gasteiger partial charge in [-0.05, 0) is 44.0 Å². The predicted molar refractivity (Wildman–Crippen MR) is 127 cm³/mol.